The molecule has 0 spiro atoms. The molecule has 34 heavy (non-hydrogen) atoms. The first-order valence-corrected chi connectivity index (χ1v) is 11.4. The molecule has 1 fully saturated rings. The number of carbonyl (C=O) groups excluding carboxylic acids is 3. The Balaban J connectivity index is 1.34. The Morgan fingerprint density at radius 2 is 1.94 bits per heavy atom. The van der Waals surface area contributed by atoms with Gasteiger partial charge in [0.25, 0.3) is 5.91 Å². The third kappa shape index (κ3) is 3.86. The van der Waals surface area contributed by atoms with Crippen molar-refractivity contribution in [1.29, 1.82) is 0 Å². The molecule has 4 amide bonds. The van der Waals surface area contributed by atoms with Crippen LogP contribution >= 0.6 is 11.3 Å². The van der Waals surface area contributed by atoms with E-state index in [4.69, 9.17) is 9.47 Å². The number of hydrogen-bond donors (Lipinski definition) is 2. The Kier molecular flexibility index (Phi) is 5.45. The Hall–Kier alpha value is -3.92. The van der Waals surface area contributed by atoms with Crippen molar-refractivity contribution < 1.29 is 28.2 Å². The minimum atomic E-state index is -1.36. The molecule has 1 aromatic heterocycles. The molecular weight excluding hydrogens is 461 g/mol. The monoisotopic (exact) mass is 481 g/mol. The largest absolute Gasteiger partial charge is 0.454 e. The summed E-state index contributed by atoms with van der Waals surface area (Å²) in [7, 11) is 0. The number of rotatable bonds is 6. The Bertz CT molecular complexity index is 1260. The third-order valence-corrected chi connectivity index (χ3v) is 6.80. The zero-order valence-electron chi connectivity index (χ0n) is 18.0. The first-order chi connectivity index (χ1) is 16.3. The maximum absolute atomic E-state index is 13.4. The summed E-state index contributed by atoms with van der Waals surface area (Å²) < 4.78 is 24.1. The van der Waals surface area contributed by atoms with Gasteiger partial charge in [0.1, 0.15) is 17.9 Å². The van der Waals surface area contributed by atoms with Crippen LogP contribution in [0.4, 0.5) is 9.18 Å². The molecule has 0 bridgehead atoms. The normalized spacial score (nSPS) is 19.8. The summed E-state index contributed by atoms with van der Waals surface area (Å²) in [5.74, 6) is -0.430. The first kappa shape index (κ1) is 21.9. The quantitative estimate of drug-likeness (QED) is 0.527. The fourth-order valence-corrected chi connectivity index (χ4v) is 4.83. The van der Waals surface area contributed by atoms with Crippen LogP contribution in [-0.4, -0.2) is 36.1 Å². The standard InChI is InChI=1S/C24H20FN3O5S/c1-24(15-6-9-17-18(11-15)33-13-32-17)22(30)28(23(31)27-24)12-20(29)26-21(19-3-2-10-34-19)14-4-7-16(25)8-5-14/h2-11,21H,12-13H2,1H3,(H,26,29)(H,27,31)/t21-,24-/m0/s1. The smallest absolute Gasteiger partial charge is 0.325 e. The number of halogens is 1. The van der Waals surface area contributed by atoms with Crippen molar-refractivity contribution in [3.8, 4) is 11.5 Å². The van der Waals surface area contributed by atoms with Crippen molar-refractivity contribution in [3.63, 3.8) is 0 Å². The van der Waals surface area contributed by atoms with Crippen molar-refractivity contribution in [2.75, 3.05) is 13.3 Å². The Morgan fingerprint density at radius 1 is 1.18 bits per heavy atom. The summed E-state index contributed by atoms with van der Waals surface area (Å²) in [6, 6.07) is 13.3. The van der Waals surface area contributed by atoms with Gasteiger partial charge in [-0.15, -0.1) is 11.3 Å². The summed E-state index contributed by atoms with van der Waals surface area (Å²) in [5.41, 5.74) is -0.164. The highest BCUT2D eigenvalue weighted by Gasteiger charge is 2.50. The molecular formula is C24H20FN3O5S. The number of carbonyl (C=O) groups is 3. The number of urea groups is 1. The number of imide groups is 1. The van der Waals surface area contributed by atoms with E-state index in [1.165, 1.54) is 23.5 Å². The molecule has 0 aliphatic carbocycles. The van der Waals surface area contributed by atoms with Crippen molar-refractivity contribution in [2.45, 2.75) is 18.5 Å². The highest BCUT2D eigenvalue weighted by atomic mass is 32.1. The topological polar surface area (TPSA) is 97.0 Å². The minimum Gasteiger partial charge on any atom is -0.454 e. The van der Waals surface area contributed by atoms with Crippen molar-refractivity contribution in [3.05, 3.63) is 81.8 Å². The van der Waals surface area contributed by atoms with Gasteiger partial charge >= 0.3 is 6.03 Å². The molecule has 0 saturated carbocycles. The highest BCUT2D eigenvalue weighted by Crippen LogP contribution is 2.38. The molecule has 2 aromatic carbocycles. The van der Waals surface area contributed by atoms with Gasteiger partial charge in [-0.3, -0.25) is 14.5 Å². The van der Waals surface area contributed by atoms with E-state index in [0.29, 0.717) is 22.6 Å². The van der Waals surface area contributed by atoms with Crippen LogP contribution in [0.3, 0.4) is 0 Å². The van der Waals surface area contributed by atoms with Crippen LogP contribution in [0.25, 0.3) is 0 Å². The maximum Gasteiger partial charge on any atom is 0.325 e. The lowest BCUT2D eigenvalue weighted by Gasteiger charge is -2.23. The van der Waals surface area contributed by atoms with Gasteiger partial charge in [0.2, 0.25) is 12.7 Å². The molecule has 10 heteroatoms. The molecule has 1 saturated heterocycles. The van der Waals surface area contributed by atoms with Crippen molar-refractivity contribution >= 4 is 29.2 Å². The molecule has 5 rings (SSSR count). The van der Waals surface area contributed by atoms with E-state index in [2.05, 4.69) is 10.6 Å². The molecule has 3 heterocycles. The molecule has 2 aliphatic rings. The molecule has 174 valence electrons. The predicted octanol–water partition coefficient (Wildman–Crippen LogP) is 3.29. The van der Waals surface area contributed by atoms with E-state index in [0.717, 1.165) is 9.78 Å². The summed E-state index contributed by atoms with van der Waals surface area (Å²) in [5, 5.41) is 7.41. The lowest BCUT2D eigenvalue weighted by Crippen LogP contribution is -2.44. The third-order valence-electron chi connectivity index (χ3n) is 5.86. The molecule has 3 aromatic rings. The number of nitrogens with zero attached hydrogens (tertiary/aromatic N) is 1. The van der Waals surface area contributed by atoms with Gasteiger partial charge in [-0.25, -0.2) is 9.18 Å². The number of benzene rings is 2. The van der Waals surface area contributed by atoms with Crippen LogP contribution < -0.4 is 20.1 Å². The van der Waals surface area contributed by atoms with E-state index in [-0.39, 0.29) is 12.6 Å². The lowest BCUT2D eigenvalue weighted by molar-refractivity contribution is -0.135. The van der Waals surface area contributed by atoms with Crippen LogP contribution in [0.15, 0.2) is 60.0 Å². The van der Waals surface area contributed by atoms with Gasteiger partial charge in [-0.05, 0) is 53.8 Å². The SMILES string of the molecule is C[C@@]1(c2ccc3c(c2)OCO3)NC(=O)N(CC(=O)N[C@@H](c2ccc(F)cc2)c2cccs2)C1=O. The zero-order chi connectivity index (χ0) is 23.9. The first-order valence-electron chi connectivity index (χ1n) is 10.5. The van der Waals surface area contributed by atoms with E-state index in [1.54, 1.807) is 37.3 Å². The molecule has 0 radical (unpaired) electrons. The van der Waals surface area contributed by atoms with Gasteiger partial charge < -0.3 is 20.1 Å². The predicted molar refractivity (Wildman–Crippen MR) is 121 cm³/mol. The fraction of sp³-hybridized carbons (Fsp3) is 0.208. The fourth-order valence-electron chi connectivity index (χ4n) is 4.02. The Labute approximate surface area is 198 Å². The van der Waals surface area contributed by atoms with Gasteiger partial charge in [-0.2, -0.15) is 0 Å². The van der Waals surface area contributed by atoms with Gasteiger partial charge in [0.15, 0.2) is 11.5 Å². The summed E-state index contributed by atoms with van der Waals surface area (Å²) in [6.07, 6.45) is 0. The molecule has 2 N–H and O–H groups in total. The molecule has 2 atom stereocenters. The van der Waals surface area contributed by atoms with Crippen LogP contribution in [0.5, 0.6) is 11.5 Å². The second-order valence-electron chi connectivity index (χ2n) is 8.08. The number of ether oxygens (including phenoxy) is 2. The van der Waals surface area contributed by atoms with Crippen LogP contribution in [0.2, 0.25) is 0 Å². The zero-order valence-corrected chi connectivity index (χ0v) is 18.9. The average Bonchev–Trinajstić information content (AvgIpc) is 3.56. The van der Waals surface area contributed by atoms with Crippen LogP contribution in [0.1, 0.15) is 29.0 Å². The van der Waals surface area contributed by atoms with Gasteiger partial charge in [-0.1, -0.05) is 24.3 Å². The number of thiophene rings is 1. The van der Waals surface area contributed by atoms with Gasteiger partial charge in [0.05, 0.1) is 6.04 Å². The number of fused-ring (bicyclic) bond motifs is 1. The minimum absolute atomic E-state index is 0.0849. The average molecular weight is 482 g/mol. The maximum atomic E-state index is 13.4. The van der Waals surface area contributed by atoms with E-state index in [1.807, 2.05) is 17.5 Å². The lowest BCUT2D eigenvalue weighted by atomic mass is 9.91. The van der Waals surface area contributed by atoms with Crippen molar-refractivity contribution in [2.24, 2.45) is 0 Å². The van der Waals surface area contributed by atoms with E-state index >= 15 is 0 Å². The van der Waals surface area contributed by atoms with Crippen LogP contribution in [0, 0.1) is 5.82 Å². The second kappa shape index (κ2) is 8.45. The number of amides is 4. The van der Waals surface area contributed by atoms with E-state index in [9.17, 15) is 18.8 Å². The number of nitrogens with one attached hydrogen (secondary N) is 2. The van der Waals surface area contributed by atoms with Gasteiger partial charge in [0, 0.05) is 4.88 Å². The number of hydrogen-bond acceptors (Lipinski definition) is 6. The summed E-state index contributed by atoms with van der Waals surface area (Å²) >= 11 is 1.43. The molecule has 2 aliphatic heterocycles. The Morgan fingerprint density at radius 3 is 2.68 bits per heavy atom. The summed E-state index contributed by atoms with van der Waals surface area (Å²) in [6.45, 7) is 1.20. The van der Waals surface area contributed by atoms with Crippen LogP contribution in [-0.2, 0) is 15.1 Å². The second-order valence-corrected chi connectivity index (χ2v) is 9.06. The highest BCUT2D eigenvalue weighted by molar-refractivity contribution is 7.10. The molecule has 0 unspecified atom stereocenters. The van der Waals surface area contributed by atoms with Crippen molar-refractivity contribution in [1.82, 2.24) is 15.5 Å². The summed E-state index contributed by atoms with van der Waals surface area (Å²) in [4.78, 5) is 40.6. The van der Waals surface area contributed by atoms with E-state index < -0.39 is 36.0 Å². The molecule has 8 nitrogen and oxygen atoms in total.